The Bertz CT molecular complexity index is 1310. The molecule has 12 nitrogen and oxygen atoms in total. The summed E-state index contributed by atoms with van der Waals surface area (Å²) < 4.78 is 66.0. The number of nitrogen functional groups attached to an aromatic ring is 1. The van der Waals surface area contributed by atoms with Gasteiger partial charge in [0.2, 0.25) is 0 Å². The molecule has 1 aliphatic rings. The number of hydrogen-bond acceptors (Lipinski definition) is 11. The first-order chi connectivity index (χ1) is 18.5. The van der Waals surface area contributed by atoms with Crippen molar-refractivity contribution in [3.8, 4) is 5.75 Å². The molecule has 222 valence electrons. The maximum absolute atomic E-state index is 14.3. The summed E-state index contributed by atoms with van der Waals surface area (Å²) in [6, 6.07) is 8.04. The number of benzene rings is 1. The lowest BCUT2D eigenvalue weighted by molar-refractivity contribution is -0.151. The van der Waals surface area contributed by atoms with Gasteiger partial charge in [0, 0.05) is 0 Å². The van der Waals surface area contributed by atoms with Crippen molar-refractivity contribution in [2.45, 2.75) is 70.3 Å². The van der Waals surface area contributed by atoms with E-state index in [0.29, 0.717) is 10.8 Å². The number of ether oxygens (including phenoxy) is 2. The van der Waals surface area contributed by atoms with Crippen molar-refractivity contribution < 1.29 is 41.8 Å². The predicted molar refractivity (Wildman–Crippen MR) is 141 cm³/mol. The molecule has 15 heteroatoms. The van der Waals surface area contributed by atoms with Crippen LogP contribution in [0, 0.1) is 11.7 Å². The third-order valence-corrected chi connectivity index (χ3v) is 8.52. The summed E-state index contributed by atoms with van der Waals surface area (Å²) in [6.45, 7) is 6.17. The number of halogens is 2. The smallest absolute Gasteiger partial charge is 0.380 e. The Morgan fingerprint density at radius 1 is 1.30 bits per heavy atom. The molecule has 0 aliphatic carbocycles. The summed E-state index contributed by atoms with van der Waals surface area (Å²) in [5.41, 5.74) is 6.41. The van der Waals surface area contributed by atoms with Crippen LogP contribution in [0.25, 0.3) is 0 Å². The Balaban J connectivity index is 1.97. The third kappa shape index (κ3) is 6.69. The zero-order chi connectivity index (χ0) is 30.0. The molecule has 3 rings (SSSR count). The van der Waals surface area contributed by atoms with E-state index in [0.717, 1.165) is 0 Å². The number of nitrogens with zero attached hydrogens (tertiary/aromatic N) is 2. The molecule has 0 amide bonds. The SMILES string of the molecule is CC(C)OC(=O)[C@H](C)C[P@](=O)(Oc1ccccc1)OC(C)(C)[C@H]1O[C@@H](n2cc(F)c(N)nc2=O)C(N)(CF)[C@H]1O. The van der Waals surface area contributed by atoms with Gasteiger partial charge in [-0.3, -0.25) is 13.9 Å². The van der Waals surface area contributed by atoms with Crippen molar-refractivity contribution >= 4 is 19.4 Å². The van der Waals surface area contributed by atoms with Crippen LogP contribution in [-0.2, 0) is 23.4 Å². The number of carbonyl (C=O) groups is 1. The molecule has 0 bridgehead atoms. The van der Waals surface area contributed by atoms with Crippen molar-refractivity contribution in [2.24, 2.45) is 11.7 Å². The second-order valence-corrected chi connectivity index (χ2v) is 12.5. The van der Waals surface area contributed by atoms with Gasteiger partial charge in [-0.2, -0.15) is 4.98 Å². The molecule has 5 N–H and O–H groups in total. The fourth-order valence-electron chi connectivity index (χ4n) is 4.31. The number of esters is 1. The van der Waals surface area contributed by atoms with Crippen molar-refractivity contribution in [1.82, 2.24) is 9.55 Å². The lowest BCUT2D eigenvalue weighted by Gasteiger charge is -2.37. The van der Waals surface area contributed by atoms with Crippen LogP contribution in [0.3, 0.4) is 0 Å². The lowest BCUT2D eigenvalue weighted by atomic mass is 9.86. The standard InChI is InChI=1S/C25H35F2N4O8P/c1-14(2)36-21(33)15(3)12-40(35,38-16-9-7-6-8-10-16)39-24(4,5)19-18(32)25(29,13-26)22(37-19)31-11-17(27)20(28)30-23(31)34/h6-11,14-15,18-19,22,32H,12-13,29H2,1-5H3,(H2,28,30,34)/t15-,18+,19+,22-,25?,40+/m1/s1. The number of alkyl halides is 1. The highest BCUT2D eigenvalue weighted by Crippen LogP contribution is 2.55. The van der Waals surface area contributed by atoms with E-state index in [4.69, 9.17) is 30.0 Å². The maximum atomic E-state index is 14.3. The fraction of sp³-hybridized carbons (Fsp3) is 0.560. The molecule has 1 fully saturated rings. The highest BCUT2D eigenvalue weighted by atomic mass is 31.2. The number of nitrogens with two attached hydrogens (primary N) is 2. The molecule has 40 heavy (non-hydrogen) atoms. The summed E-state index contributed by atoms with van der Waals surface area (Å²) in [4.78, 5) is 28.3. The number of anilines is 1. The Labute approximate surface area is 230 Å². The average Bonchev–Trinajstić information content (AvgIpc) is 3.12. The van der Waals surface area contributed by atoms with Gasteiger partial charge in [0.25, 0.3) is 0 Å². The van der Waals surface area contributed by atoms with Gasteiger partial charge < -0.3 is 30.6 Å². The van der Waals surface area contributed by atoms with Crippen LogP contribution in [0.4, 0.5) is 14.6 Å². The summed E-state index contributed by atoms with van der Waals surface area (Å²) in [7, 11) is -4.24. The minimum Gasteiger partial charge on any atom is -0.463 e. The predicted octanol–water partition coefficient (Wildman–Crippen LogP) is 2.54. The van der Waals surface area contributed by atoms with Crippen LogP contribution in [0.1, 0.15) is 40.8 Å². The van der Waals surface area contributed by atoms with E-state index in [1.165, 1.54) is 32.9 Å². The lowest BCUT2D eigenvalue weighted by Crippen LogP contribution is -2.59. The van der Waals surface area contributed by atoms with Crippen molar-refractivity contribution in [3.63, 3.8) is 0 Å². The van der Waals surface area contributed by atoms with Crippen LogP contribution in [0.2, 0.25) is 0 Å². The van der Waals surface area contributed by atoms with Gasteiger partial charge in [0.05, 0.1) is 24.4 Å². The molecule has 0 radical (unpaired) electrons. The van der Waals surface area contributed by atoms with E-state index in [1.54, 1.807) is 32.0 Å². The van der Waals surface area contributed by atoms with Crippen molar-refractivity contribution in [1.29, 1.82) is 0 Å². The van der Waals surface area contributed by atoms with Crippen LogP contribution >= 0.6 is 7.60 Å². The van der Waals surface area contributed by atoms with E-state index in [1.807, 2.05) is 0 Å². The molecule has 1 aliphatic heterocycles. The first kappa shape index (κ1) is 31.6. The number of aromatic nitrogens is 2. The number of carbonyl (C=O) groups excluding carboxylic acids is 1. The van der Waals surface area contributed by atoms with Gasteiger partial charge in [-0.05, 0) is 39.8 Å². The fourth-order valence-corrected chi connectivity index (χ4v) is 6.58. The van der Waals surface area contributed by atoms with Crippen molar-refractivity contribution in [3.05, 3.63) is 52.8 Å². The molecule has 0 spiro atoms. The Hall–Kier alpha value is -2.90. The maximum Gasteiger partial charge on any atom is 0.380 e. The Morgan fingerprint density at radius 3 is 2.50 bits per heavy atom. The Kier molecular flexibility index (Phi) is 9.42. The molecular weight excluding hydrogens is 553 g/mol. The second kappa shape index (κ2) is 11.9. The van der Waals surface area contributed by atoms with Gasteiger partial charge in [-0.15, -0.1) is 0 Å². The van der Waals surface area contributed by atoms with Crippen LogP contribution in [0.5, 0.6) is 5.75 Å². The molecule has 1 saturated heterocycles. The highest BCUT2D eigenvalue weighted by Gasteiger charge is 2.61. The molecule has 1 aromatic heterocycles. The highest BCUT2D eigenvalue weighted by molar-refractivity contribution is 7.54. The summed E-state index contributed by atoms with van der Waals surface area (Å²) in [5, 5.41) is 11.1. The van der Waals surface area contributed by atoms with E-state index in [-0.39, 0.29) is 5.75 Å². The molecule has 6 atom stereocenters. The molecule has 0 saturated carbocycles. The van der Waals surface area contributed by atoms with Gasteiger partial charge in [0.1, 0.15) is 35.8 Å². The van der Waals surface area contributed by atoms with Gasteiger partial charge in [0.15, 0.2) is 17.9 Å². The summed E-state index contributed by atoms with van der Waals surface area (Å²) in [6.07, 6.45) is -5.32. The molecule has 2 aromatic rings. The number of hydrogen-bond donors (Lipinski definition) is 3. The Morgan fingerprint density at radius 2 is 1.93 bits per heavy atom. The summed E-state index contributed by atoms with van der Waals surface area (Å²) in [5.74, 6) is -3.19. The first-order valence-electron chi connectivity index (χ1n) is 12.5. The minimum atomic E-state index is -4.24. The zero-order valence-corrected chi connectivity index (χ0v) is 23.7. The molecule has 1 unspecified atom stereocenters. The van der Waals surface area contributed by atoms with Gasteiger partial charge in [-0.25, -0.2) is 18.1 Å². The number of aliphatic hydroxyl groups is 1. The van der Waals surface area contributed by atoms with Crippen molar-refractivity contribution in [2.75, 3.05) is 18.6 Å². The summed E-state index contributed by atoms with van der Waals surface area (Å²) >= 11 is 0. The van der Waals surface area contributed by atoms with Gasteiger partial charge in [-0.1, -0.05) is 25.1 Å². The number of rotatable bonds is 11. The molecule has 1 aromatic carbocycles. The molecule has 2 heterocycles. The number of aliphatic hydroxyl groups excluding tert-OH is 1. The van der Waals surface area contributed by atoms with E-state index in [9.17, 15) is 28.0 Å². The average molecular weight is 589 g/mol. The first-order valence-corrected chi connectivity index (χ1v) is 14.2. The monoisotopic (exact) mass is 588 g/mol. The number of para-hydroxylation sites is 1. The minimum absolute atomic E-state index is 0.170. The van der Waals surface area contributed by atoms with Crippen LogP contribution in [0.15, 0.2) is 41.3 Å². The van der Waals surface area contributed by atoms with Crippen LogP contribution in [-0.4, -0.2) is 62.9 Å². The van der Waals surface area contributed by atoms with Gasteiger partial charge >= 0.3 is 19.3 Å². The quantitative estimate of drug-likeness (QED) is 0.260. The van der Waals surface area contributed by atoms with E-state index in [2.05, 4.69) is 4.98 Å². The second-order valence-electron chi connectivity index (χ2n) is 10.5. The zero-order valence-electron chi connectivity index (χ0n) is 22.8. The van der Waals surface area contributed by atoms with E-state index >= 15 is 0 Å². The largest absolute Gasteiger partial charge is 0.463 e. The van der Waals surface area contributed by atoms with Crippen LogP contribution < -0.4 is 21.7 Å². The normalized spacial score (nSPS) is 25.4. The van der Waals surface area contributed by atoms with E-state index < -0.39 is 85.3 Å². The molecular formula is C25H35F2N4O8P. The third-order valence-electron chi connectivity index (χ3n) is 6.29. The topological polar surface area (TPSA) is 178 Å².